The third kappa shape index (κ3) is 3.89. The monoisotopic (exact) mass is 277 g/mol. The van der Waals surface area contributed by atoms with Gasteiger partial charge >= 0.3 is 0 Å². The van der Waals surface area contributed by atoms with Gasteiger partial charge < -0.3 is 14.8 Å². The van der Waals surface area contributed by atoms with Crippen molar-refractivity contribution in [2.75, 3.05) is 13.7 Å². The van der Waals surface area contributed by atoms with Gasteiger partial charge in [-0.1, -0.05) is 18.9 Å². The minimum atomic E-state index is 0.593. The van der Waals surface area contributed by atoms with E-state index in [1.165, 1.54) is 31.2 Å². The molecule has 20 heavy (non-hydrogen) atoms. The molecule has 0 spiro atoms. The SMILES string of the molecule is CCOc1cc(CNC(C)C2CCCC2)ccc1OC. The van der Waals surface area contributed by atoms with E-state index in [0.717, 1.165) is 24.0 Å². The first kappa shape index (κ1) is 15.2. The molecule has 1 aromatic carbocycles. The van der Waals surface area contributed by atoms with E-state index in [2.05, 4.69) is 24.4 Å². The van der Waals surface area contributed by atoms with Crippen LogP contribution in [0.5, 0.6) is 11.5 Å². The molecular weight excluding hydrogens is 250 g/mol. The maximum absolute atomic E-state index is 5.62. The molecule has 1 unspecified atom stereocenters. The molecule has 2 rings (SSSR count). The van der Waals surface area contributed by atoms with Crippen LogP contribution < -0.4 is 14.8 Å². The van der Waals surface area contributed by atoms with Crippen LogP contribution in [-0.2, 0) is 6.54 Å². The number of ether oxygens (including phenoxy) is 2. The highest BCUT2D eigenvalue weighted by atomic mass is 16.5. The number of benzene rings is 1. The lowest BCUT2D eigenvalue weighted by Gasteiger charge is -2.20. The molecule has 0 amide bonds. The summed E-state index contributed by atoms with van der Waals surface area (Å²) in [6.45, 7) is 5.85. The molecule has 3 heteroatoms. The molecule has 0 aliphatic heterocycles. The standard InChI is InChI=1S/C17H27NO2/c1-4-20-17-11-14(9-10-16(17)19-3)12-18-13(2)15-7-5-6-8-15/h9-11,13,15,18H,4-8,12H2,1-3H3. The minimum Gasteiger partial charge on any atom is -0.493 e. The van der Waals surface area contributed by atoms with Gasteiger partial charge in [0.25, 0.3) is 0 Å². The van der Waals surface area contributed by atoms with E-state index in [1.807, 2.05) is 13.0 Å². The predicted molar refractivity (Wildman–Crippen MR) is 82.4 cm³/mol. The molecule has 3 nitrogen and oxygen atoms in total. The van der Waals surface area contributed by atoms with E-state index in [9.17, 15) is 0 Å². The van der Waals surface area contributed by atoms with Crippen molar-refractivity contribution in [2.24, 2.45) is 5.92 Å². The predicted octanol–water partition coefficient (Wildman–Crippen LogP) is 3.76. The summed E-state index contributed by atoms with van der Waals surface area (Å²) in [5.41, 5.74) is 1.25. The van der Waals surface area contributed by atoms with Crippen molar-refractivity contribution in [1.29, 1.82) is 0 Å². The Balaban J connectivity index is 1.93. The van der Waals surface area contributed by atoms with E-state index in [1.54, 1.807) is 7.11 Å². The fourth-order valence-electron chi connectivity index (χ4n) is 3.00. The summed E-state index contributed by atoms with van der Waals surface area (Å²) in [6.07, 6.45) is 5.55. The van der Waals surface area contributed by atoms with Crippen LogP contribution in [0.25, 0.3) is 0 Å². The zero-order chi connectivity index (χ0) is 14.4. The molecule has 1 fully saturated rings. The van der Waals surface area contributed by atoms with Crippen molar-refractivity contribution < 1.29 is 9.47 Å². The molecule has 1 N–H and O–H groups in total. The Morgan fingerprint density at radius 1 is 1.25 bits per heavy atom. The van der Waals surface area contributed by atoms with Crippen LogP contribution in [0.1, 0.15) is 45.1 Å². The third-order valence-electron chi connectivity index (χ3n) is 4.26. The van der Waals surface area contributed by atoms with Crippen LogP contribution in [0.15, 0.2) is 18.2 Å². The van der Waals surface area contributed by atoms with Crippen molar-refractivity contribution in [3.8, 4) is 11.5 Å². The molecule has 0 heterocycles. The average Bonchev–Trinajstić information content (AvgIpc) is 2.99. The lowest BCUT2D eigenvalue weighted by Crippen LogP contribution is -2.31. The molecular formula is C17H27NO2. The highest BCUT2D eigenvalue weighted by molar-refractivity contribution is 5.42. The fourth-order valence-corrected chi connectivity index (χ4v) is 3.00. The Morgan fingerprint density at radius 2 is 2.00 bits per heavy atom. The second kappa shape index (κ2) is 7.53. The Labute approximate surface area is 122 Å². The third-order valence-corrected chi connectivity index (χ3v) is 4.26. The van der Waals surface area contributed by atoms with E-state index >= 15 is 0 Å². The van der Waals surface area contributed by atoms with Crippen molar-refractivity contribution >= 4 is 0 Å². The van der Waals surface area contributed by atoms with E-state index < -0.39 is 0 Å². The lowest BCUT2D eigenvalue weighted by molar-refractivity contribution is 0.310. The smallest absolute Gasteiger partial charge is 0.161 e. The van der Waals surface area contributed by atoms with Crippen LogP contribution in [0.3, 0.4) is 0 Å². The molecule has 0 radical (unpaired) electrons. The molecule has 1 atom stereocenters. The number of rotatable bonds is 7. The van der Waals surface area contributed by atoms with Crippen LogP contribution in [0.4, 0.5) is 0 Å². The molecule has 1 aromatic rings. The van der Waals surface area contributed by atoms with Gasteiger partial charge in [-0.25, -0.2) is 0 Å². The van der Waals surface area contributed by atoms with E-state index in [-0.39, 0.29) is 0 Å². The van der Waals surface area contributed by atoms with Gasteiger partial charge in [-0.2, -0.15) is 0 Å². The number of nitrogens with one attached hydrogen (secondary N) is 1. The quantitative estimate of drug-likeness (QED) is 0.823. The van der Waals surface area contributed by atoms with Crippen molar-refractivity contribution in [3.63, 3.8) is 0 Å². The van der Waals surface area contributed by atoms with Crippen LogP contribution in [-0.4, -0.2) is 19.8 Å². The van der Waals surface area contributed by atoms with Gasteiger partial charge in [-0.15, -0.1) is 0 Å². The van der Waals surface area contributed by atoms with Crippen molar-refractivity contribution in [3.05, 3.63) is 23.8 Å². The summed E-state index contributed by atoms with van der Waals surface area (Å²) in [5.74, 6) is 2.49. The zero-order valence-electron chi connectivity index (χ0n) is 12.9. The minimum absolute atomic E-state index is 0.593. The Hall–Kier alpha value is -1.22. The summed E-state index contributed by atoms with van der Waals surface area (Å²) in [7, 11) is 1.68. The highest BCUT2D eigenvalue weighted by Gasteiger charge is 2.20. The van der Waals surface area contributed by atoms with Gasteiger partial charge in [0.2, 0.25) is 0 Å². The molecule has 0 bridgehead atoms. The summed E-state index contributed by atoms with van der Waals surface area (Å²) in [5, 5.41) is 3.65. The van der Waals surface area contributed by atoms with Gasteiger partial charge in [0, 0.05) is 12.6 Å². The lowest BCUT2D eigenvalue weighted by atomic mass is 9.99. The van der Waals surface area contributed by atoms with E-state index in [0.29, 0.717) is 12.6 Å². The number of hydrogen-bond donors (Lipinski definition) is 1. The van der Waals surface area contributed by atoms with Crippen LogP contribution >= 0.6 is 0 Å². The average molecular weight is 277 g/mol. The summed E-state index contributed by atoms with van der Waals surface area (Å²) in [6, 6.07) is 6.77. The normalized spacial score (nSPS) is 17.1. The topological polar surface area (TPSA) is 30.5 Å². The second-order valence-electron chi connectivity index (χ2n) is 5.63. The largest absolute Gasteiger partial charge is 0.493 e. The van der Waals surface area contributed by atoms with Gasteiger partial charge in [0.1, 0.15) is 0 Å². The molecule has 1 aliphatic carbocycles. The summed E-state index contributed by atoms with van der Waals surface area (Å²) in [4.78, 5) is 0. The zero-order valence-corrected chi connectivity index (χ0v) is 12.9. The van der Waals surface area contributed by atoms with Crippen LogP contribution in [0, 0.1) is 5.92 Å². The van der Waals surface area contributed by atoms with Gasteiger partial charge in [0.05, 0.1) is 13.7 Å². The highest BCUT2D eigenvalue weighted by Crippen LogP contribution is 2.29. The van der Waals surface area contributed by atoms with Crippen molar-refractivity contribution in [2.45, 2.75) is 52.1 Å². The first-order valence-electron chi connectivity index (χ1n) is 7.77. The van der Waals surface area contributed by atoms with E-state index in [4.69, 9.17) is 9.47 Å². The van der Waals surface area contributed by atoms with Crippen LogP contribution in [0.2, 0.25) is 0 Å². The van der Waals surface area contributed by atoms with Crippen molar-refractivity contribution in [1.82, 2.24) is 5.32 Å². The summed E-state index contributed by atoms with van der Waals surface area (Å²) < 4.78 is 10.9. The maximum atomic E-state index is 5.62. The number of hydrogen-bond acceptors (Lipinski definition) is 3. The molecule has 112 valence electrons. The fraction of sp³-hybridized carbons (Fsp3) is 0.647. The maximum Gasteiger partial charge on any atom is 0.161 e. The first-order chi connectivity index (χ1) is 9.74. The molecule has 1 aliphatic rings. The Kier molecular flexibility index (Phi) is 5.72. The second-order valence-corrected chi connectivity index (χ2v) is 5.63. The Bertz CT molecular complexity index is 413. The summed E-state index contributed by atoms with van der Waals surface area (Å²) >= 11 is 0. The van der Waals surface area contributed by atoms with Gasteiger partial charge in [-0.3, -0.25) is 0 Å². The molecule has 0 aromatic heterocycles. The van der Waals surface area contributed by atoms with Gasteiger partial charge in [-0.05, 0) is 50.3 Å². The number of methoxy groups -OCH3 is 1. The van der Waals surface area contributed by atoms with Gasteiger partial charge in [0.15, 0.2) is 11.5 Å². The Morgan fingerprint density at radius 3 is 2.65 bits per heavy atom. The molecule has 0 saturated heterocycles. The first-order valence-corrected chi connectivity index (χ1v) is 7.77. The molecule has 1 saturated carbocycles.